The summed E-state index contributed by atoms with van der Waals surface area (Å²) in [6.45, 7) is -0.230. The van der Waals surface area contributed by atoms with Crippen molar-refractivity contribution in [2.45, 2.75) is 44.3 Å². The smallest absolute Gasteiger partial charge is 0.249 e. The number of hydrogen-bond donors (Lipinski definition) is 1. The van der Waals surface area contributed by atoms with E-state index in [-0.39, 0.29) is 24.2 Å². The van der Waals surface area contributed by atoms with Crippen molar-refractivity contribution in [2.24, 2.45) is 0 Å². The summed E-state index contributed by atoms with van der Waals surface area (Å²) < 4.78 is 22.1. The summed E-state index contributed by atoms with van der Waals surface area (Å²) in [4.78, 5) is 29.0. The van der Waals surface area contributed by atoms with E-state index in [2.05, 4.69) is 15.6 Å². The minimum Gasteiger partial charge on any atom is -0.497 e. The van der Waals surface area contributed by atoms with Gasteiger partial charge in [-0.15, -0.1) is 5.10 Å². The van der Waals surface area contributed by atoms with E-state index in [0.29, 0.717) is 22.3 Å². The fraction of sp³-hybridized carbons (Fsp3) is 0.286. The molecule has 9 heteroatoms. The van der Waals surface area contributed by atoms with Crippen molar-refractivity contribution in [3.8, 4) is 5.75 Å². The number of rotatable bonds is 8. The first kappa shape index (κ1) is 24.4. The van der Waals surface area contributed by atoms with Crippen LogP contribution in [0.25, 0.3) is 11.0 Å². The molecule has 4 aromatic rings. The van der Waals surface area contributed by atoms with E-state index < -0.39 is 17.8 Å². The fourth-order valence-corrected chi connectivity index (χ4v) is 4.88. The van der Waals surface area contributed by atoms with Gasteiger partial charge < -0.3 is 10.1 Å². The zero-order valence-electron chi connectivity index (χ0n) is 20.5. The van der Waals surface area contributed by atoms with Gasteiger partial charge in [-0.2, -0.15) is 0 Å². The highest BCUT2D eigenvalue weighted by molar-refractivity contribution is 6.01. The largest absolute Gasteiger partial charge is 0.497 e. The Morgan fingerprint density at radius 2 is 1.84 bits per heavy atom. The fourth-order valence-electron chi connectivity index (χ4n) is 4.88. The number of nitrogens with one attached hydrogen (secondary N) is 1. The lowest BCUT2D eigenvalue weighted by Crippen LogP contribution is -2.47. The number of aromatic nitrogens is 3. The van der Waals surface area contributed by atoms with E-state index in [1.165, 1.54) is 28.8 Å². The first-order valence-corrected chi connectivity index (χ1v) is 12.3. The first-order valence-electron chi connectivity index (χ1n) is 12.3. The first-order chi connectivity index (χ1) is 18.0. The second-order valence-corrected chi connectivity index (χ2v) is 9.12. The molecule has 1 fully saturated rings. The molecule has 37 heavy (non-hydrogen) atoms. The summed E-state index contributed by atoms with van der Waals surface area (Å²) in [5.74, 6) is -0.962. The average molecular weight is 502 g/mol. The second-order valence-electron chi connectivity index (χ2n) is 9.12. The lowest BCUT2D eigenvalue weighted by atomic mass is 10.0. The topological polar surface area (TPSA) is 89.4 Å². The lowest BCUT2D eigenvalue weighted by Gasteiger charge is -2.32. The van der Waals surface area contributed by atoms with Gasteiger partial charge in [0, 0.05) is 6.04 Å². The number of ether oxygens (including phenoxy) is 1. The molecule has 0 bridgehead atoms. The third-order valence-electron chi connectivity index (χ3n) is 6.70. The molecule has 190 valence electrons. The van der Waals surface area contributed by atoms with Crippen LogP contribution in [0.2, 0.25) is 0 Å². The normalized spacial score (nSPS) is 14.4. The van der Waals surface area contributed by atoms with Crippen molar-refractivity contribution < 1.29 is 18.7 Å². The van der Waals surface area contributed by atoms with Gasteiger partial charge in [-0.3, -0.25) is 14.5 Å². The van der Waals surface area contributed by atoms with Crippen molar-refractivity contribution in [1.82, 2.24) is 20.3 Å². The molecule has 1 N–H and O–H groups in total. The number of carbonyl (C=O) groups excluding carboxylic acids is 2. The van der Waals surface area contributed by atoms with Crippen molar-refractivity contribution in [1.29, 1.82) is 0 Å². The molecule has 0 unspecified atom stereocenters. The maximum atomic E-state index is 15.2. The maximum Gasteiger partial charge on any atom is 0.249 e. The second kappa shape index (κ2) is 10.8. The molecule has 2 amide bonds. The van der Waals surface area contributed by atoms with Crippen LogP contribution in [0.3, 0.4) is 0 Å². The Morgan fingerprint density at radius 3 is 2.62 bits per heavy atom. The number of carbonyl (C=O) groups is 2. The molecule has 1 heterocycles. The quantitative estimate of drug-likeness (QED) is 0.386. The molecule has 0 radical (unpaired) electrons. The molecule has 1 aliphatic carbocycles. The summed E-state index contributed by atoms with van der Waals surface area (Å²) in [5, 5.41) is 11.3. The summed E-state index contributed by atoms with van der Waals surface area (Å²) in [6, 6.07) is 19.1. The molecule has 3 aromatic carbocycles. The number of anilines is 1. The number of benzene rings is 3. The predicted molar refractivity (Wildman–Crippen MR) is 138 cm³/mol. The summed E-state index contributed by atoms with van der Waals surface area (Å²) >= 11 is 0. The Bertz CT molecular complexity index is 1420. The van der Waals surface area contributed by atoms with Crippen LogP contribution in [-0.2, 0) is 16.1 Å². The molecule has 1 aliphatic rings. The van der Waals surface area contributed by atoms with Crippen molar-refractivity contribution in [3.05, 3.63) is 84.2 Å². The van der Waals surface area contributed by atoms with Crippen LogP contribution in [-0.4, -0.2) is 40.0 Å². The van der Waals surface area contributed by atoms with Crippen molar-refractivity contribution in [2.75, 3.05) is 12.0 Å². The van der Waals surface area contributed by atoms with Crippen molar-refractivity contribution >= 4 is 28.5 Å². The molecule has 5 rings (SSSR count). The predicted octanol–water partition coefficient (Wildman–Crippen LogP) is 4.41. The molecule has 1 aromatic heterocycles. The lowest BCUT2D eigenvalue weighted by molar-refractivity contribution is -0.127. The highest BCUT2D eigenvalue weighted by Crippen LogP contribution is 2.33. The Hall–Kier alpha value is -4.27. The van der Waals surface area contributed by atoms with Gasteiger partial charge in [-0.25, -0.2) is 9.07 Å². The standard InChI is InChI=1S/C28H28FN5O3/c1-37-21-12-8-9-19(17-21)27(28(36)30-20-10-2-3-11-20)34(24-15-6-4-13-22(24)29)26(35)18-33-25-16-7-5-14-23(25)31-32-33/h4-9,12-17,20,27H,2-3,10-11,18H2,1H3,(H,30,36)/t27-/m1/s1. The summed E-state index contributed by atoms with van der Waals surface area (Å²) in [6.07, 6.45) is 3.80. The molecule has 0 aliphatic heterocycles. The van der Waals surface area contributed by atoms with Gasteiger partial charge in [0.25, 0.3) is 0 Å². The summed E-state index contributed by atoms with van der Waals surface area (Å²) in [7, 11) is 1.53. The molecular formula is C28H28FN5O3. The number of halogens is 1. The van der Waals surface area contributed by atoms with Crippen LogP contribution < -0.4 is 15.0 Å². The number of para-hydroxylation sites is 2. The maximum absolute atomic E-state index is 15.2. The van der Waals surface area contributed by atoms with E-state index in [4.69, 9.17) is 4.74 Å². The van der Waals surface area contributed by atoms with E-state index >= 15 is 4.39 Å². The number of methoxy groups -OCH3 is 1. The third-order valence-corrected chi connectivity index (χ3v) is 6.70. The van der Waals surface area contributed by atoms with Gasteiger partial charge in [0.15, 0.2) is 0 Å². The Morgan fingerprint density at radius 1 is 1.08 bits per heavy atom. The number of hydrogen-bond acceptors (Lipinski definition) is 5. The van der Waals surface area contributed by atoms with Crippen LogP contribution in [0.5, 0.6) is 5.75 Å². The van der Waals surface area contributed by atoms with E-state index in [1.54, 1.807) is 42.5 Å². The zero-order valence-corrected chi connectivity index (χ0v) is 20.5. The van der Waals surface area contributed by atoms with E-state index in [1.807, 2.05) is 18.2 Å². The molecule has 1 saturated carbocycles. The molecular weight excluding hydrogens is 473 g/mol. The van der Waals surface area contributed by atoms with Crippen LogP contribution in [0.15, 0.2) is 72.8 Å². The number of nitrogens with zero attached hydrogens (tertiary/aromatic N) is 4. The van der Waals surface area contributed by atoms with Crippen LogP contribution in [0, 0.1) is 5.82 Å². The summed E-state index contributed by atoms with van der Waals surface area (Å²) in [5.41, 5.74) is 1.81. The molecule has 0 spiro atoms. The van der Waals surface area contributed by atoms with Crippen LogP contribution >= 0.6 is 0 Å². The van der Waals surface area contributed by atoms with E-state index in [9.17, 15) is 9.59 Å². The number of fused-ring (bicyclic) bond motifs is 1. The van der Waals surface area contributed by atoms with Gasteiger partial charge in [0.2, 0.25) is 11.8 Å². The molecule has 0 saturated heterocycles. The van der Waals surface area contributed by atoms with Gasteiger partial charge >= 0.3 is 0 Å². The van der Waals surface area contributed by atoms with Gasteiger partial charge in [0.1, 0.15) is 29.7 Å². The van der Waals surface area contributed by atoms with Crippen LogP contribution in [0.4, 0.5) is 10.1 Å². The van der Waals surface area contributed by atoms with Crippen molar-refractivity contribution in [3.63, 3.8) is 0 Å². The monoisotopic (exact) mass is 501 g/mol. The zero-order chi connectivity index (χ0) is 25.8. The minimum atomic E-state index is -1.13. The van der Waals surface area contributed by atoms with Gasteiger partial charge in [-0.05, 0) is 54.8 Å². The Balaban J connectivity index is 1.59. The highest BCUT2D eigenvalue weighted by atomic mass is 19.1. The third kappa shape index (κ3) is 5.16. The molecule has 1 atom stereocenters. The Labute approximate surface area is 214 Å². The molecule has 8 nitrogen and oxygen atoms in total. The van der Waals surface area contributed by atoms with Crippen LogP contribution in [0.1, 0.15) is 37.3 Å². The van der Waals surface area contributed by atoms with Gasteiger partial charge in [-0.1, -0.05) is 54.5 Å². The number of amides is 2. The van der Waals surface area contributed by atoms with E-state index in [0.717, 1.165) is 25.7 Å². The SMILES string of the molecule is COc1cccc([C@H](C(=O)NC2CCCC2)N(C(=O)Cn2nnc3ccccc32)c2ccccc2F)c1. The minimum absolute atomic E-state index is 0.00585. The average Bonchev–Trinajstić information content (AvgIpc) is 3.58. The highest BCUT2D eigenvalue weighted by Gasteiger charge is 2.36. The van der Waals surface area contributed by atoms with Gasteiger partial charge in [0.05, 0.1) is 18.3 Å². The Kier molecular flexibility index (Phi) is 7.11.